The zero-order chi connectivity index (χ0) is 13.1. The van der Waals surface area contributed by atoms with E-state index in [-0.39, 0.29) is 0 Å². The van der Waals surface area contributed by atoms with Crippen LogP contribution in [-0.4, -0.2) is 12.3 Å². The minimum atomic E-state index is 0.435. The maximum Gasteiger partial charge on any atom is 0.175 e. The summed E-state index contributed by atoms with van der Waals surface area (Å²) in [5.41, 5.74) is 8.85. The van der Waals surface area contributed by atoms with Crippen LogP contribution in [0.15, 0.2) is 22.7 Å². The Balaban J connectivity index is 2.51. The summed E-state index contributed by atoms with van der Waals surface area (Å²) in [5, 5.41) is 3.85. The lowest BCUT2D eigenvalue weighted by Gasteiger charge is -2.07. The second-order valence-electron chi connectivity index (χ2n) is 4.30. The van der Waals surface area contributed by atoms with E-state index < -0.39 is 0 Å². The Bertz CT molecular complexity index is 547. The Labute approximate surface area is 107 Å². The molecule has 1 aromatic heterocycles. The first-order valence-corrected chi connectivity index (χ1v) is 6.06. The highest BCUT2D eigenvalue weighted by Gasteiger charge is 2.16. The molecule has 96 valence electrons. The largest absolute Gasteiger partial charge is 0.496 e. The first-order chi connectivity index (χ1) is 8.67. The van der Waals surface area contributed by atoms with Crippen molar-refractivity contribution in [1.29, 1.82) is 0 Å². The molecule has 2 rings (SSSR count). The molecule has 4 heteroatoms. The Morgan fingerprint density at radius 3 is 2.83 bits per heavy atom. The van der Waals surface area contributed by atoms with Crippen molar-refractivity contribution in [2.75, 3.05) is 12.8 Å². The van der Waals surface area contributed by atoms with E-state index in [4.69, 9.17) is 15.0 Å². The molecule has 0 aliphatic carbocycles. The van der Waals surface area contributed by atoms with Crippen LogP contribution in [-0.2, 0) is 6.42 Å². The highest BCUT2D eigenvalue weighted by Crippen LogP contribution is 2.33. The van der Waals surface area contributed by atoms with Crippen LogP contribution in [0.2, 0.25) is 0 Å². The Morgan fingerprint density at radius 2 is 2.17 bits per heavy atom. The number of hydrogen-bond donors (Lipinski definition) is 1. The van der Waals surface area contributed by atoms with Gasteiger partial charge in [-0.3, -0.25) is 0 Å². The van der Waals surface area contributed by atoms with Gasteiger partial charge in [-0.25, -0.2) is 0 Å². The maximum absolute atomic E-state index is 5.89. The minimum absolute atomic E-state index is 0.435. The maximum atomic E-state index is 5.89. The molecule has 0 atom stereocenters. The molecule has 4 nitrogen and oxygen atoms in total. The molecule has 1 heterocycles. The molecule has 1 aromatic carbocycles. The molecule has 0 spiro atoms. The van der Waals surface area contributed by atoms with Crippen LogP contribution in [0.5, 0.6) is 5.75 Å². The van der Waals surface area contributed by atoms with Gasteiger partial charge in [-0.2, -0.15) is 0 Å². The number of nitrogen functional groups attached to an aromatic ring is 1. The Morgan fingerprint density at radius 1 is 1.39 bits per heavy atom. The van der Waals surface area contributed by atoms with Gasteiger partial charge in [-0.15, -0.1) is 0 Å². The van der Waals surface area contributed by atoms with Crippen LogP contribution < -0.4 is 10.5 Å². The number of methoxy groups -OCH3 is 1. The fourth-order valence-corrected chi connectivity index (χ4v) is 2.02. The normalized spacial score (nSPS) is 10.6. The monoisotopic (exact) mass is 246 g/mol. The smallest absolute Gasteiger partial charge is 0.175 e. The summed E-state index contributed by atoms with van der Waals surface area (Å²) >= 11 is 0. The number of rotatable bonds is 4. The number of aryl methyl sites for hydroxylation is 2. The summed E-state index contributed by atoms with van der Waals surface area (Å²) in [6.07, 6.45) is 1.82. The lowest BCUT2D eigenvalue weighted by molar-refractivity contribution is 0.385. The molecule has 0 bridgehead atoms. The molecule has 0 saturated carbocycles. The number of nitrogens with zero attached hydrogens (tertiary/aromatic N) is 1. The number of anilines is 1. The molecule has 18 heavy (non-hydrogen) atoms. The summed E-state index contributed by atoms with van der Waals surface area (Å²) < 4.78 is 10.6. The number of hydrogen-bond acceptors (Lipinski definition) is 4. The van der Waals surface area contributed by atoms with E-state index in [9.17, 15) is 0 Å². The summed E-state index contributed by atoms with van der Waals surface area (Å²) in [6, 6.07) is 5.99. The third kappa shape index (κ3) is 2.18. The van der Waals surface area contributed by atoms with E-state index >= 15 is 0 Å². The molecule has 0 aliphatic rings. The number of nitrogens with two attached hydrogens (primary N) is 1. The first kappa shape index (κ1) is 12.5. The van der Waals surface area contributed by atoms with Crippen molar-refractivity contribution in [3.8, 4) is 16.9 Å². The van der Waals surface area contributed by atoms with E-state index in [1.807, 2.05) is 25.1 Å². The van der Waals surface area contributed by atoms with Crippen LogP contribution in [0.3, 0.4) is 0 Å². The van der Waals surface area contributed by atoms with Crippen molar-refractivity contribution in [2.45, 2.75) is 26.7 Å². The Kier molecular flexibility index (Phi) is 3.55. The standard InChI is InChI=1S/C14H18N2O2/c1-4-5-11-13(14(15)16-18-11)10-7-6-9(2)12(8-10)17-3/h6-8H,4-5H2,1-3H3,(H2,15,16). The van der Waals surface area contributed by atoms with Gasteiger partial charge in [0.25, 0.3) is 0 Å². The SMILES string of the molecule is CCCc1onc(N)c1-c1ccc(C)c(OC)c1. The fourth-order valence-electron chi connectivity index (χ4n) is 2.02. The quantitative estimate of drug-likeness (QED) is 0.899. The van der Waals surface area contributed by atoms with Crippen molar-refractivity contribution >= 4 is 5.82 Å². The number of aromatic nitrogens is 1. The summed E-state index contributed by atoms with van der Waals surface area (Å²) in [5.74, 6) is 2.11. The molecular formula is C14H18N2O2. The highest BCUT2D eigenvalue weighted by molar-refractivity contribution is 5.76. The van der Waals surface area contributed by atoms with Gasteiger partial charge in [0.05, 0.1) is 12.7 Å². The van der Waals surface area contributed by atoms with E-state index in [2.05, 4.69) is 12.1 Å². The van der Waals surface area contributed by atoms with E-state index in [1.54, 1.807) is 7.11 Å². The van der Waals surface area contributed by atoms with Crippen LogP contribution in [0.4, 0.5) is 5.82 Å². The zero-order valence-electron chi connectivity index (χ0n) is 11.0. The lowest BCUT2D eigenvalue weighted by Crippen LogP contribution is -1.93. The zero-order valence-corrected chi connectivity index (χ0v) is 11.0. The van der Waals surface area contributed by atoms with Crippen LogP contribution >= 0.6 is 0 Å². The molecule has 0 fully saturated rings. The molecule has 0 amide bonds. The van der Waals surface area contributed by atoms with Crippen molar-refractivity contribution in [1.82, 2.24) is 5.16 Å². The molecule has 0 aliphatic heterocycles. The van der Waals surface area contributed by atoms with Gasteiger partial charge >= 0.3 is 0 Å². The third-order valence-electron chi connectivity index (χ3n) is 2.96. The van der Waals surface area contributed by atoms with Crippen molar-refractivity contribution in [3.63, 3.8) is 0 Å². The van der Waals surface area contributed by atoms with Gasteiger partial charge in [0.1, 0.15) is 11.5 Å². The summed E-state index contributed by atoms with van der Waals surface area (Å²) in [7, 11) is 1.66. The van der Waals surface area contributed by atoms with Gasteiger partial charge in [-0.1, -0.05) is 24.2 Å². The van der Waals surface area contributed by atoms with Gasteiger partial charge in [-0.05, 0) is 30.5 Å². The van der Waals surface area contributed by atoms with Gasteiger partial charge < -0.3 is 15.0 Å². The van der Waals surface area contributed by atoms with Crippen molar-refractivity contribution in [3.05, 3.63) is 29.5 Å². The van der Waals surface area contributed by atoms with E-state index in [0.717, 1.165) is 41.0 Å². The molecule has 0 radical (unpaired) electrons. The summed E-state index contributed by atoms with van der Waals surface area (Å²) in [6.45, 7) is 4.10. The van der Waals surface area contributed by atoms with E-state index in [0.29, 0.717) is 5.82 Å². The van der Waals surface area contributed by atoms with Gasteiger partial charge in [0, 0.05) is 6.42 Å². The molecule has 0 unspecified atom stereocenters. The van der Waals surface area contributed by atoms with Crippen molar-refractivity contribution in [2.24, 2.45) is 0 Å². The number of benzene rings is 1. The van der Waals surface area contributed by atoms with Gasteiger partial charge in [0.15, 0.2) is 5.82 Å². The molecule has 2 aromatic rings. The average Bonchev–Trinajstić information content (AvgIpc) is 2.72. The van der Waals surface area contributed by atoms with Crippen LogP contribution in [0.1, 0.15) is 24.7 Å². The van der Waals surface area contributed by atoms with Gasteiger partial charge in [0.2, 0.25) is 0 Å². The predicted molar refractivity (Wildman–Crippen MR) is 71.6 cm³/mol. The highest BCUT2D eigenvalue weighted by atomic mass is 16.5. The Hall–Kier alpha value is -1.97. The summed E-state index contributed by atoms with van der Waals surface area (Å²) in [4.78, 5) is 0. The second kappa shape index (κ2) is 5.12. The first-order valence-electron chi connectivity index (χ1n) is 6.06. The van der Waals surface area contributed by atoms with Crippen LogP contribution in [0.25, 0.3) is 11.1 Å². The fraction of sp³-hybridized carbons (Fsp3) is 0.357. The van der Waals surface area contributed by atoms with Crippen LogP contribution in [0, 0.1) is 6.92 Å². The average molecular weight is 246 g/mol. The molecule has 0 saturated heterocycles. The topological polar surface area (TPSA) is 61.3 Å². The van der Waals surface area contributed by atoms with Crippen molar-refractivity contribution < 1.29 is 9.26 Å². The number of ether oxygens (including phenoxy) is 1. The lowest BCUT2D eigenvalue weighted by atomic mass is 10.0. The second-order valence-corrected chi connectivity index (χ2v) is 4.30. The predicted octanol–water partition coefficient (Wildman–Crippen LogP) is 3.19. The molecular weight excluding hydrogens is 228 g/mol. The molecule has 2 N–H and O–H groups in total. The van der Waals surface area contributed by atoms with E-state index in [1.165, 1.54) is 0 Å². The minimum Gasteiger partial charge on any atom is -0.496 e. The third-order valence-corrected chi connectivity index (χ3v) is 2.96.